The van der Waals surface area contributed by atoms with E-state index in [-0.39, 0.29) is 18.2 Å². The third-order valence-corrected chi connectivity index (χ3v) is 3.22. The lowest BCUT2D eigenvalue weighted by molar-refractivity contribution is 0.0857. The summed E-state index contributed by atoms with van der Waals surface area (Å²) in [5.41, 5.74) is 0.931. The van der Waals surface area contributed by atoms with Gasteiger partial charge in [0.05, 0.1) is 11.8 Å². The molecule has 1 aromatic rings. The zero-order chi connectivity index (χ0) is 11.4. The molecule has 1 aliphatic carbocycles. The number of nitrogens with one attached hydrogen (secondary N) is 1. The van der Waals surface area contributed by atoms with Crippen LogP contribution in [0.4, 0.5) is 0 Å². The Kier molecular flexibility index (Phi) is 3.85. The fraction of sp³-hybridized carbons (Fsp3) is 0.667. The SMILES string of the molecule is CC(NC1CCCCC1O)c1cnccn1. The molecule has 1 aromatic heterocycles. The third-order valence-electron chi connectivity index (χ3n) is 3.22. The van der Waals surface area contributed by atoms with Crippen molar-refractivity contribution in [3.63, 3.8) is 0 Å². The van der Waals surface area contributed by atoms with Gasteiger partial charge in [-0.25, -0.2) is 0 Å². The van der Waals surface area contributed by atoms with Gasteiger partial charge in [0.15, 0.2) is 0 Å². The van der Waals surface area contributed by atoms with Crippen molar-refractivity contribution in [2.24, 2.45) is 0 Å². The molecule has 4 heteroatoms. The summed E-state index contributed by atoms with van der Waals surface area (Å²) < 4.78 is 0. The summed E-state index contributed by atoms with van der Waals surface area (Å²) >= 11 is 0. The maximum atomic E-state index is 9.87. The summed E-state index contributed by atoms with van der Waals surface area (Å²) in [6.07, 6.45) is 9.22. The van der Waals surface area contributed by atoms with E-state index in [0.29, 0.717) is 0 Å². The van der Waals surface area contributed by atoms with Crippen LogP contribution in [-0.2, 0) is 0 Å². The molecule has 0 radical (unpaired) electrons. The second-order valence-electron chi connectivity index (χ2n) is 4.48. The zero-order valence-corrected chi connectivity index (χ0v) is 9.63. The van der Waals surface area contributed by atoms with E-state index in [1.54, 1.807) is 18.6 Å². The summed E-state index contributed by atoms with van der Waals surface area (Å²) in [6.45, 7) is 2.06. The van der Waals surface area contributed by atoms with E-state index in [9.17, 15) is 5.11 Å². The van der Waals surface area contributed by atoms with Gasteiger partial charge in [0.2, 0.25) is 0 Å². The fourth-order valence-electron chi connectivity index (χ4n) is 2.25. The molecule has 3 atom stereocenters. The molecule has 0 aliphatic heterocycles. The molecule has 4 nitrogen and oxygen atoms in total. The fourth-order valence-corrected chi connectivity index (χ4v) is 2.25. The van der Waals surface area contributed by atoms with Gasteiger partial charge in [-0.1, -0.05) is 12.8 Å². The summed E-state index contributed by atoms with van der Waals surface area (Å²) in [5, 5.41) is 13.3. The average Bonchev–Trinajstić information content (AvgIpc) is 2.33. The van der Waals surface area contributed by atoms with Gasteiger partial charge in [-0.3, -0.25) is 9.97 Å². The van der Waals surface area contributed by atoms with Gasteiger partial charge in [0.1, 0.15) is 0 Å². The van der Waals surface area contributed by atoms with E-state index in [1.165, 1.54) is 6.42 Å². The van der Waals surface area contributed by atoms with Crippen molar-refractivity contribution in [1.29, 1.82) is 0 Å². The normalized spacial score (nSPS) is 27.6. The predicted molar refractivity (Wildman–Crippen MR) is 61.8 cm³/mol. The van der Waals surface area contributed by atoms with E-state index in [2.05, 4.69) is 22.2 Å². The van der Waals surface area contributed by atoms with Crippen molar-refractivity contribution in [2.75, 3.05) is 0 Å². The Labute approximate surface area is 96.1 Å². The minimum atomic E-state index is -0.215. The lowest BCUT2D eigenvalue weighted by atomic mass is 9.92. The highest BCUT2D eigenvalue weighted by molar-refractivity contribution is 5.01. The van der Waals surface area contributed by atoms with Crippen molar-refractivity contribution in [3.05, 3.63) is 24.3 Å². The Morgan fingerprint density at radius 1 is 1.38 bits per heavy atom. The Balaban J connectivity index is 1.94. The van der Waals surface area contributed by atoms with Crippen LogP contribution in [0.25, 0.3) is 0 Å². The topological polar surface area (TPSA) is 58.0 Å². The maximum Gasteiger partial charge on any atom is 0.0753 e. The number of hydrogen-bond donors (Lipinski definition) is 2. The van der Waals surface area contributed by atoms with Gasteiger partial charge in [-0.05, 0) is 19.8 Å². The smallest absolute Gasteiger partial charge is 0.0753 e. The van der Waals surface area contributed by atoms with Crippen LogP contribution in [0.3, 0.4) is 0 Å². The molecule has 0 amide bonds. The Hall–Kier alpha value is -1.00. The highest BCUT2D eigenvalue weighted by atomic mass is 16.3. The van der Waals surface area contributed by atoms with E-state index in [4.69, 9.17) is 0 Å². The molecule has 16 heavy (non-hydrogen) atoms. The first-order valence-electron chi connectivity index (χ1n) is 5.97. The minimum absolute atomic E-state index is 0.145. The molecule has 3 unspecified atom stereocenters. The number of aromatic nitrogens is 2. The number of nitrogens with zero attached hydrogens (tertiary/aromatic N) is 2. The lowest BCUT2D eigenvalue weighted by Gasteiger charge is -2.30. The molecule has 1 heterocycles. The van der Waals surface area contributed by atoms with Crippen molar-refractivity contribution in [3.8, 4) is 0 Å². The summed E-state index contributed by atoms with van der Waals surface area (Å²) in [4.78, 5) is 8.32. The van der Waals surface area contributed by atoms with Crippen LogP contribution in [0, 0.1) is 0 Å². The van der Waals surface area contributed by atoms with Crippen molar-refractivity contribution in [1.82, 2.24) is 15.3 Å². The molecule has 0 saturated heterocycles. The standard InChI is InChI=1S/C12H19N3O/c1-9(11-8-13-6-7-14-11)15-10-4-2-3-5-12(10)16/h6-10,12,15-16H,2-5H2,1H3. The summed E-state index contributed by atoms with van der Waals surface area (Å²) in [6, 6.07) is 0.345. The average molecular weight is 221 g/mol. The first-order valence-corrected chi connectivity index (χ1v) is 5.97. The number of aliphatic hydroxyl groups is 1. The first-order chi connectivity index (χ1) is 7.77. The maximum absolute atomic E-state index is 9.87. The van der Waals surface area contributed by atoms with Crippen LogP contribution >= 0.6 is 0 Å². The van der Waals surface area contributed by atoms with Gasteiger partial charge in [-0.2, -0.15) is 0 Å². The van der Waals surface area contributed by atoms with Crippen LogP contribution in [0.1, 0.15) is 44.3 Å². The minimum Gasteiger partial charge on any atom is -0.392 e. The van der Waals surface area contributed by atoms with Gasteiger partial charge < -0.3 is 10.4 Å². The summed E-state index contributed by atoms with van der Waals surface area (Å²) in [7, 11) is 0. The Morgan fingerprint density at radius 3 is 2.88 bits per heavy atom. The third kappa shape index (κ3) is 2.77. The molecule has 1 aliphatic rings. The molecular weight excluding hydrogens is 202 g/mol. The second kappa shape index (κ2) is 5.37. The molecule has 88 valence electrons. The van der Waals surface area contributed by atoms with E-state index in [1.807, 2.05) is 0 Å². The van der Waals surface area contributed by atoms with Gasteiger partial charge in [-0.15, -0.1) is 0 Å². The Bertz CT molecular complexity index is 317. The molecule has 2 rings (SSSR count). The largest absolute Gasteiger partial charge is 0.392 e. The molecule has 1 fully saturated rings. The molecule has 0 aromatic carbocycles. The van der Waals surface area contributed by atoms with Crippen LogP contribution in [0.2, 0.25) is 0 Å². The van der Waals surface area contributed by atoms with Crippen LogP contribution in [0.15, 0.2) is 18.6 Å². The highest BCUT2D eigenvalue weighted by Crippen LogP contribution is 2.21. The first kappa shape index (κ1) is 11.5. The quantitative estimate of drug-likeness (QED) is 0.810. The van der Waals surface area contributed by atoms with E-state index in [0.717, 1.165) is 25.0 Å². The molecule has 0 bridgehead atoms. The molecule has 1 saturated carbocycles. The number of hydrogen-bond acceptors (Lipinski definition) is 4. The zero-order valence-electron chi connectivity index (χ0n) is 9.63. The number of rotatable bonds is 3. The van der Waals surface area contributed by atoms with Gasteiger partial charge >= 0.3 is 0 Å². The monoisotopic (exact) mass is 221 g/mol. The van der Waals surface area contributed by atoms with Crippen molar-refractivity contribution >= 4 is 0 Å². The van der Waals surface area contributed by atoms with E-state index < -0.39 is 0 Å². The highest BCUT2D eigenvalue weighted by Gasteiger charge is 2.24. The second-order valence-corrected chi connectivity index (χ2v) is 4.48. The van der Waals surface area contributed by atoms with Gasteiger partial charge in [0.25, 0.3) is 0 Å². The van der Waals surface area contributed by atoms with Gasteiger partial charge in [0, 0.05) is 30.7 Å². The van der Waals surface area contributed by atoms with Crippen LogP contribution in [-0.4, -0.2) is 27.2 Å². The Morgan fingerprint density at radius 2 is 2.19 bits per heavy atom. The predicted octanol–water partition coefficient (Wildman–Crippen LogP) is 1.43. The van der Waals surface area contributed by atoms with Crippen LogP contribution < -0.4 is 5.32 Å². The molecule has 0 spiro atoms. The van der Waals surface area contributed by atoms with Crippen molar-refractivity contribution < 1.29 is 5.11 Å². The molecular formula is C12H19N3O. The lowest BCUT2D eigenvalue weighted by Crippen LogP contribution is -2.43. The molecule has 2 N–H and O–H groups in total. The van der Waals surface area contributed by atoms with Crippen LogP contribution in [0.5, 0.6) is 0 Å². The van der Waals surface area contributed by atoms with Crippen molar-refractivity contribution in [2.45, 2.75) is 50.8 Å². The van der Waals surface area contributed by atoms with E-state index >= 15 is 0 Å². The number of aliphatic hydroxyl groups excluding tert-OH is 1. The summed E-state index contributed by atoms with van der Waals surface area (Å²) in [5.74, 6) is 0.